The molecule has 0 aromatic heterocycles. The molecule has 1 N–H and O–H groups in total. The predicted molar refractivity (Wildman–Crippen MR) is 88.5 cm³/mol. The zero-order valence-corrected chi connectivity index (χ0v) is 15.3. The molecule has 2 aliphatic rings. The van der Waals surface area contributed by atoms with E-state index in [0.717, 1.165) is 38.8 Å². The summed E-state index contributed by atoms with van der Waals surface area (Å²) in [7, 11) is 0. The summed E-state index contributed by atoms with van der Waals surface area (Å²) in [5.74, 6) is -2.60. The highest BCUT2D eigenvalue weighted by molar-refractivity contribution is 5.79. The summed E-state index contributed by atoms with van der Waals surface area (Å²) >= 11 is 0. The molecule has 0 aromatic carbocycles. The molecule has 2 saturated heterocycles. The second kappa shape index (κ2) is 9.53. The van der Waals surface area contributed by atoms with Crippen LogP contribution in [0.4, 0.5) is 17.6 Å². The minimum absolute atomic E-state index is 0.0363. The zero-order valence-electron chi connectivity index (χ0n) is 15.3. The van der Waals surface area contributed by atoms with E-state index in [-0.39, 0.29) is 11.4 Å². The van der Waals surface area contributed by atoms with E-state index < -0.39 is 18.8 Å². The molecule has 1 amide bonds. The van der Waals surface area contributed by atoms with Gasteiger partial charge in [0, 0.05) is 31.1 Å². The molecule has 9 heteroatoms. The Morgan fingerprint density at radius 1 is 1.27 bits per heavy atom. The van der Waals surface area contributed by atoms with Crippen LogP contribution in [-0.2, 0) is 9.59 Å². The quantitative estimate of drug-likeness (QED) is 0.756. The lowest BCUT2D eigenvalue weighted by atomic mass is 9.88. The van der Waals surface area contributed by atoms with Crippen molar-refractivity contribution in [2.45, 2.75) is 70.1 Å². The fraction of sp³-hybridized carbons (Fsp3) is 0.882. The molecule has 152 valence electrons. The number of carbonyl (C=O) groups excluding carboxylic acids is 1. The van der Waals surface area contributed by atoms with Gasteiger partial charge in [-0.2, -0.15) is 13.2 Å². The molecule has 2 heterocycles. The molecule has 2 fully saturated rings. The fourth-order valence-corrected chi connectivity index (χ4v) is 3.74. The highest BCUT2D eigenvalue weighted by Gasteiger charge is 2.45. The lowest BCUT2D eigenvalue weighted by Gasteiger charge is -2.38. The first-order valence-corrected chi connectivity index (χ1v) is 8.98. The third-order valence-electron chi connectivity index (χ3n) is 5.39. The van der Waals surface area contributed by atoms with Crippen molar-refractivity contribution in [1.82, 2.24) is 9.80 Å². The van der Waals surface area contributed by atoms with Crippen LogP contribution in [0.25, 0.3) is 0 Å². The summed E-state index contributed by atoms with van der Waals surface area (Å²) < 4.78 is 44.4. The number of carbonyl (C=O) groups is 2. The number of nitrogens with zero attached hydrogens (tertiary/aromatic N) is 2. The second-order valence-electron chi connectivity index (χ2n) is 6.91. The number of likely N-dealkylation sites (tertiary alicyclic amines) is 2. The summed E-state index contributed by atoms with van der Waals surface area (Å²) in [5, 5.41) is 7.12. The Kier molecular flexibility index (Phi) is 8.30. The molecular formula is C17H28F4N2O3. The maximum Gasteiger partial charge on any atom is 0.490 e. The number of rotatable bonds is 4. The van der Waals surface area contributed by atoms with E-state index in [9.17, 15) is 22.4 Å². The van der Waals surface area contributed by atoms with Crippen LogP contribution in [0.15, 0.2) is 0 Å². The average molecular weight is 384 g/mol. The number of carboxylic acid groups (broad SMARTS) is 1. The highest BCUT2D eigenvalue weighted by atomic mass is 19.4. The van der Waals surface area contributed by atoms with Crippen LogP contribution in [0.3, 0.4) is 0 Å². The van der Waals surface area contributed by atoms with Gasteiger partial charge in [-0.1, -0.05) is 6.92 Å². The van der Waals surface area contributed by atoms with Crippen molar-refractivity contribution in [1.29, 1.82) is 0 Å². The van der Waals surface area contributed by atoms with Crippen LogP contribution in [0.1, 0.15) is 52.4 Å². The van der Waals surface area contributed by atoms with E-state index in [4.69, 9.17) is 9.90 Å². The van der Waals surface area contributed by atoms with Crippen molar-refractivity contribution < 1.29 is 32.3 Å². The van der Waals surface area contributed by atoms with Gasteiger partial charge >= 0.3 is 12.1 Å². The predicted octanol–water partition coefficient (Wildman–Crippen LogP) is 3.23. The maximum atomic E-state index is 12.7. The van der Waals surface area contributed by atoms with Gasteiger partial charge in [0.15, 0.2) is 0 Å². The van der Waals surface area contributed by atoms with Crippen LogP contribution in [0.5, 0.6) is 0 Å². The van der Waals surface area contributed by atoms with Gasteiger partial charge in [-0.15, -0.1) is 0 Å². The van der Waals surface area contributed by atoms with E-state index in [0.29, 0.717) is 19.0 Å². The minimum Gasteiger partial charge on any atom is -0.475 e. The first-order chi connectivity index (χ1) is 12.1. The molecule has 2 unspecified atom stereocenters. The number of hydrogen-bond acceptors (Lipinski definition) is 3. The Labute approximate surface area is 151 Å². The number of halogens is 4. The van der Waals surface area contributed by atoms with E-state index in [2.05, 4.69) is 18.7 Å². The van der Waals surface area contributed by atoms with Gasteiger partial charge in [0.25, 0.3) is 0 Å². The lowest BCUT2D eigenvalue weighted by molar-refractivity contribution is -0.192. The number of amides is 1. The van der Waals surface area contributed by atoms with Gasteiger partial charge in [0.2, 0.25) is 5.91 Å². The number of aliphatic carboxylic acids is 1. The van der Waals surface area contributed by atoms with Gasteiger partial charge in [0.05, 0.1) is 0 Å². The standard InChI is InChI=1S/C15H27FN2O.C2HF3O2/c1-3-13(2)17-10-4-6-15(8-11-17)7-5-14(19)18(15)12-9-16;3-2(4,5)1(6)7/h13H,3-12H2,1-2H3;(H,6,7). The van der Waals surface area contributed by atoms with Crippen molar-refractivity contribution in [3.63, 3.8) is 0 Å². The summed E-state index contributed by atoms with van der Waals surface area (Å²) in [6.45, 7) is 6.54. The molecule has 26 heavy (non-hydrogen) atoms. The van der Waals surface area contributed by atoms with Crippen LogP contribution in [-0.4, -0.2) is 70.8 Å². The van der Waals surface area contributed by atoms with Crippen molar-refractivity contribution in [2.24, 2.45) is 0 Å². The SMILES string of the molecule is CCC(C)N1CCCC2(CCC(=O)N2CCF)CC1.O=C(O)C(F)(F)F. The molecule has 2 atom stereocenters. The summed E-state index contributed by atoms with van der Waals surface area (Å²) in [4.78, 5) is 25.3. The van der Waals surface area contributed by atoms with Crippen LogP contribution >= 0.6 is 0 Å². The number of hydrogen-bond donors (Lipinski definition) is 1. The summed E-state index contributed by atoms with van der Waals surface area (Å²) in [5.41, 5.74) is -0.0363. The normalized spacial score (nSPS) is 25.6. The third-order valence-corrected chi connectivity index (χ3v) is 5.39. The van der Waals surface area contributed by atoms with Crippen LogP contribution in [0.2, 0.25) is 0 Å². The average Bonchev–Trinajstić information content (AvgIpc) is 2.75. The molecule has 2 aliphatic heterocycles. The van der Waals surface area contributed by atoms with Gasteiger partial charge in [-0.05, 0) is 45.6 Å². The zero-order chi connectivity index (χ0) is 20.0. The minimum atomic E-state index is -5.08. The fourth-order valence-electron chi connectivity index (χ4n) is 3.74. The first kappa shape index (κ1) is 22.7. The third kappa shape index (κ3) is 5.82. The molecule has 5 nitrogen and oxygen atoms in total. The Bertz CT molecular complexity index is 487. The van der Waals surface area contributed by atoms with Gasteiger partial charge in [-0.3, -0.25) is 4.79 Å². The van der Waals surface area contributed by atoms with Crippen LogP contribution < -0.4 is 0 Å². The smallest absolute Gasteiger partial charge is 0.475 e. The molecule has 1 spiro atoms. The molecule has 0 radical (unpaired) electrons. The molecular weight excluding hydrogens is 356 g/mol. The van der Waals surface area contributed by atoms with E-state index in [1.54, 1.807) is 0 Å². The lowest BCUT2D eigenvalue weighted by Crippen LogP contribution is -2.47. The summed E-state index contributed by atoms with van der Waals surface area (Å²) in [6, 6.07) is 0.613. The van der Waals surface area contributed by atoms with Gasteiger partial charge < -0.3 is 14.9 Å². The molecule has 0 saturated carbocycles. The molecule has 0 aliphatic carbocycles. The maximum absolute atomic E-state index is 12.7. The van der Waals surface area contributed by atoms with Gasteiger partial charge in [0.1, 0.15) is 6.67 Å². The number of carboxylic acids is 1. The van der Waals surface area contributed by atoms with Crippen LogP contribution in [0, 0.1) is 0 Å². The Balaban J connectivity index is 0.000000412. The topological polar surface area (TPSA) is 60.9 Å². The number of alkyl halides is 4. The van der Waals surface area contributed by atoms with E-state index in [1.165, 1.54) is 6.42 Å². The Hall–Kier alpha value is -1.38. The van der Waals surface area contributed by atoms with E-state index >= 15 is 0 Å². The molecule has 0 aromatic rings. The first-order valence-electron chi connectivity index (χ1n) is 8.98. The highest BCUT2D eigenvalue weighted by Crippen LogP contribution is 2.39. The van der Waals surface area contributed by atoms with Crippen molar-refractivity contribution in [3.8, 4) is 0 Å². The molecule has 2 rings (SSSR count). The van der Waals surface area contributed by atoms with Gasteiger partial charge in [-0.25, -0.2) is 9.18 Å². The monoisotopic (exact) mass is 384 g/mol. The largest absolute Gasteiger partial charge is 0.490 e. The van der Waals surface area contributed by atoms with E-state index in [1.807, 2.05) is 4.90 Å². The molecule has 0 bridgehead atoms. The Morgan fingerprint density at radius 3 is 2.38 bits per heavy atom. The summed E-state index contributed by atoms with van der Waals surface area (Å²) in [6.07, 6.45) is 0.818. The van der Waals surface area contributed by atoms with Crippen molar-refractivity contribution in [3.05, 3.63) is 0 Å². The Morgan fingerprint density at radius 2 is 1.88 bits per heavy atom. The second-order valence-corrected chi connectivity index (χ2v) is 6.91. The van der Waals surface area contributed by atoms with Crippen molar-refractivity contribution >= 4 is 11.9 Å². The van der Waals surface area contributed by atoms with Crippen molar-refractivity contribution in [2.75, 3.05) is 26.3 Å².